The summed E-state index contributed by atoms with van der Waals surface area (Å²) in [6.07, 6.45) is 4.00. The van der Waals surface area contributed by atoms with E-state index in [9.17, 15) is 8.78 Å². The predicted molar refractivity (Wildman–Crippen MR) is 83.2 cm³/mol. The van der Waals surface area contributed by atoms with Gasteiger partial charge >= 0.3 is 0 Å². The molecule has 0 bridgehead atoms. The smallest absolute Gasteiger partial charge is 0.126 e. The van der Waals surface area contributed by atoms with Gasteiger partial charge in [-0.15, -0.1) is 0 Å². The zero-order valence-electron chi connectivity index (χ0n) is 13.5. The Bertz CT molecular complexity index is 479. The van der Waals surface area contributed by atoms with E-state index in [0.29, 0.717) is 29.9 Å². The highest BCUT2D eigenvalue weighted by atomic mass is 19.1. The van der Waals surface area contributed by atoms with Crippen molar-refractivity contribution in [1.82, 2.24) is 5.32 Å². The first-order valence-corrected chi connectivity index (χ1v) is 7.92. The second-order valence-electron chi connectivity index (χ2n) is 7.47. The zero-order valence-corrected chi connectivity index (χ0v) is 13.5. The van der Waals surface area contributed by atoms with Crippen LogP contribution < -0.4 is 5.32 Å². The van der Waals surface area contributed by atoms with Gasteiger partial charge in [0, 0.05) is 6.04 Å². The van der Waals surface area contributed by atoms with Crippen LogP contribution in [0.4, 0.5) is 8.78 Å². The summed E-state index contributed by atoms with van der Waals surface area (Å²) in [5.74, 6) is 0.368. The van der Waals surface area contributed by atoms with Gasteiger partial charge in [0.2, 0.25) is 0 Å². The Morgan fingerprint density at radius 3 is 2.52 bits per heavy atom. The molecule has 1 aliphatic carbocycles. The number of nitrogens with one attached hydrogen (secondary N) is 1. The van der Waals surface area contributed by atoms with Crippen molar-refractivity contribution in [2.45, 2.75) is 52.5 Å². The molecule has 0 saturated heterocycles. The molecule has 0 aromatic heterocycles. The van der Waals surface area contributed by atoms with Crippen molar-refractivity contribution < 1.29 is 8.78 Å². The molecule has 1 nitrogen and oxygen atoms in total. The Labute approximate surface area is 127 Å². The van der Waals surface area contributed by atoms with Gasteiger partial charge in [-0.2, -0.15) is 0 Å². The summed E-state index contributed by atoms with van der Waals surface area (Å²) < 4.78 is 27.3. The van der Waals surface area contributed by atoms with Crippen molar-refractivity contribution >= 4 is 0 Å². The number of benzene rings is 1. The molecule has 1 fully saturated rings. The summed E-state index contributed by atoms with van der Waals surface area (Å²) >= 11 is 0. The van der Waals surface area contributed by atoms with Gasteiger partial charge in [0.15, 0.2) is 0 Å². The summed E-state index contributed by atoms with van der Waals surface area (Å²) in [6, 6.07) is 4.17. The summed E-state index contributed by atoms with van der Waals surface area (Å²) in [5.41, 5.74) is 0.784. The lowest BCUT2D eigenvalue weighted by Gasteiger charge is -2.42. The molecule has 3 atom stereocenters. The maximum atomic E-state index is 13.9. The van der Waals surface area contributed by atoms with Crippen molar-refractivity contribution in [3.63, 3.8) is 0 Å². The molecular weight excluding hydrogens is 268 g/mol. The minimum atomic E-state index is -0.351. The molecule has 0 spiro atoms. The Morgan fingerprint density at radius 1 is 1.19 bits per heavy atom. The van der Waals surface area contributed by atoms with Gasteiger partial charge in [-0.05, 0) is 73.7 Å². The van der Waals surface area contributed by atoms with Crippen molar-refractivity contribution in [2.24, 2.45) is 17.3 Å². The molecule has 0 aliphatic heterocycles. The van der Waals surface area contributed by atoms with Gasteiger partial charge in [-0.3, -0.25) is 0 Å². The van der Waals surface area contributed by atoms with Gasteiger partial charge in [-0.25, -0.2) is 8.78 Å². The fourth-order valence-corrected chi connectivity index (χ4v) is 3.64. The van der Waals surface area contributed by atoms with E-state index in [1.807, 2.05) is 7.05 Å². The molecule has 21 heavy (non-hydrogen) atoms. The summed E-state index contributed by atoms with van der Waals surface area (Å²) in [5, 5.41) is 3.36. The molecule has 1 aliphatic rings. The molecule has 1 N–H and O–H groups in total. The van der Waals surface area contributed by atoms with Crippen LogP contribution in [0.1, 0.15) is 45.6 Å². The minimum absolute atomic E-state index is 0.275. The predicted octanol–water partition coefficient (Wildman–Crippen LogP) is 4.56. The van der Waals surface area contributed by atoms with Crippen molar-refractivity contribution in [3.05, 3.63) is 35.4 Å². The molecule has 3 unspecified atom stereocenters. The molecule has 1 aromatic rings. The molecule has 2 rings (SSSR count). The molecule has 3 heteroatoms. The van der Waals surface area contributed by atoms with E-state index in [1.165, 1.54) is 24.6 Å². The topological polar surface area (TPSA) is 12.0 Å². The first-order valence-electron chi connectivity index (χ1n) is 7.92. The lowest BCUT2D eigenvalue weighted by molar-refractivity contribution is 0.116. The number of hydrogen-bond donors (Lipinski definition) is 1. The second-order valence-corrected chi connectivity index (χ2v) is 7.47. The Kier molecular flexibility index (Phi) is 5.03. The van der Waals surface area contributed by atoms with Crippen LogP contribution in [0, 0.1) is 28.9 Å². The maximum absolute atomic E-state index is 13.9. The molecule has 0 amide bonds. The number of rotatable bonds is 3. The highest BCUT2D eigenvalue weighted by Gasteiger charge is 2.35. The van der Waals surface area contributed by atoms with Gasteiger partial charge in [0.25, 0.3) is 0 Å². The van der Waals surface area contributed by atoms with E-state index < -0.39 is 0 Å². The Morgan fingerprint density at radius 2 is 1.90 bits per heavy atom. The van der Waals surface area contributed by atoms with Crippen LogP contribution in [0.3, 0.4) is 0 Å². The van der Waals surface area contributed by atoms with E-state index in [2.05, 4.69) is 26.1 Å². The maximum Gasteiger partial charge on any atom is 0.126 e. The van der Waals surface area contributed by atoms with Crippen LogP contribution in [0.5, 0.6) is 0 Å². The molecule has 118 valence electrons. The van der Waals surface area contributed by atoms with Crippen molar-refractivity contribution in [1.29, 1.82) is 0 Å². The van der Waals surface area contributed by atoms with Gasteiger partial charge in [0.05, 0.1) is 0 Å². The highest BCUT2D eigenvalue weighted by molar-refractivity contribution is 5.20. The monoisotopic (exact) mass is 295 g/mol. The van der Waals surface area contributed by atoms with E-state index in [0.717, 1.165) is 12.8 Å². The molecular formula is C18H27F2N. The average Bonchev–Trinajstić information content (AvgIpc) is 2.42. The van der Waals surface area contributed by atoms with E-state index in [1.54, 1.807) is 0 Å². The van der Waals surface area contributed by atoms with Gasteiger partial charge < -0.3 is 5.32 Å². The zero-order chi connectivity index (χ0) is 15.6. The summed E-state index contributed by atoms with van der Waals surface area (Å²) in [6.45, 7) is 6.82. The molecule has 1 aromatic carbocycles. The normalized spacial score (nSPS) is 26.9. The van der Waals surface area contributed by atoms with Crippen LogP contribution in [0.15, 0.2) is 18.2 Å². The third-order valence-electron chi connectivity index (χ3n) is 5.07. The molecule has 0 radical (unpaired) electrons. The van der Waals surface area contributed by atoms with Crippen molar-refractivity contribution in [3.8, 4) is 0 Å². The van der Waals surface area contributed by atoms with E-state index in [-0.39, 0.29) is 17.0 Å². The van der Waals surface area contributed by atoms with Crippen LogP contribution in [0.2, 0.25) is 0 Å². The lowest BCUT2D eigenvalue weighted by Crippen LogP contribution is -2.42. The first-order chi connectivity index (χ1) is 9.81. The molecule has 0 heterocycles. The number of halogens is 2. The van der Waals surface area contributed by atoms with Gasteiger partial charge in [-0.1, -0.05) is 20.8 Å². The largest absolute Gasteiger partial charge is 0.317 e. The Balaban J connectivity index is 2.16. The van der Waals surface area contributed by atoms with Crippen LogP contribution in [0.25, 0.3) is 0 Å². The fourth-order valence-electron chi connectivity index (χ4n) is 3.64. The summed E-state index contributed by atoms with van der Waals surface area (Å²) in [4.78, 5) is 0. The lowest BCUT2D eigenvalue weighted by atomic mass is 9.66. The van der Waals surface area contributed by atoms with Crippen LogP contribution >= 0.6 is 0 Å². The fraction of sp³-hybridized carbons (Fsp3) is 0.667. The molecule has 1 saturated carbocycles. The van der Waals surface area contributed by atoms with E-state index >= 15 is 0 Å². The van der Waals surface area contributed by atoms with Crippen LogP contribution in [-0.4, -0.2) is 13.1 Å². The standard InChI is InChI=1S/C18H27F2N/c1-18(2,3)14-5-8-17(21-4)13(10-14)9-12-11-15(19)6-7-16(12)20/h6-7,11,13-14,17,21H,5,8-10H2,1-4H3. The quantitative estimate of drug-likeness (QED) is 0.862. The highest BCUT2D eigenvalue weighted by Crippen LogP contribution is 2.41. The SMILES string of the molecule is CNC1CCC(C(C)(C)C)CC1Cc1cc(F)ccc1F. The van der Waals surface area contributed by atoms with E-state index in [4.69, 9.17) is 0 Å². The second kappa shape index (κ2) is 6.43. The minimum Gasteiger partial charge on any atom is -0.317 e. The number of hydrogen-bond acceptors (Lipinski definition) is 1. The summed E-state index contributed by atoms with van der Waals surface area (Å²) in [7, 11) is 1.97. The third kappa shape index (κ3) is 4.03. The van der Waals surface area contributed by atoms with Gasteiger partial charge in [0.1, 0.15) is 11.6 Å². The van der Waals surface area contributed by atoms with Crippen molar-refractivity contribution in [2.75, 3.05) is 7.05 Å². The van der Waals surface area contributed by atoms with Crippen LogP contribution in [-0.2, 0) is 6.42 Å². The Hall–Kier alpha value is -0.960. The third-order valence-corrected chi connectivity index (χ3v) is 5.07. The average molecular weight is 295 g/mol. The first kappa shape index (κ1) is 16.4.